The first-order valence-electron chi connectivity index (χ1n) is 8.15. The number of pyridine rings is 1. The van der Waals surface area contributed by atoms with Gasteiger partial charge in [0, 0.05) is 22.4 Å². The van der Waals surface area contributed by atoms with E-state index in [9.17, 15) is 0 Å². The number of benzene rings is 2. The molecule has 2 aromatic carbocycles. The van der Waals surface area contributed by atoms with Gasteiger partial charge in [0.25, 0.3) is 0 Å². The van der Waals surface area contributed by atoms with Gasteiger partial charge in [0.2, 0.25) is 5.16 Å². The van der Waals surface area contributed by atoms with Crippen LogP contribution in [0, 0.1) is 13.8 Å². The van der Waals surface area contributed by atoms with Crippen molar-refractivity contribution in [1.82, 2.24) is 25.2 Å². The van der Waals surface area contributed by atoms with Gasteiger partial charge in [0.15, 0.2) is 0 Å². The first-order valence-corrected chi connectivity index (χ1v) is 9.51. The number of thioether (sulfide) groups is 1. The standard InChI is InChI=1S/C19H16ClN5S/c1-12-5-3-6-13(2)18(12)25-19(22-23-24-25)26-11-14-8-9-16(20)15-7-4-10-21-17(14)15/h3-10H,11H2,1-2H3. The van der Waals surface area contributed by atoms with Crippen LogP contribution in [0.1, 0.15) is 16.7 Å². The first-order chi connectivity index (χ1) is 12.6. The summed E-state index contributed by atoms with van der Waals surface area (Å²) in [6, 6.07) is 14.0. The van der Waals surface area contributed by atoms with E-state index in [-0.39, 0.29) is 0 Å². The van der Waals surface area contributed by atoms with Gasteiger partial charge in [-0.2, -0.15) is 4.68 Å². The van der Waals surface area contributed by atoms with E-state index in [1.54, 1.807) is 22.6 Å². The second kappa shape index (κ2) is 7.05. The van der Waals surface area contributed by atoms with Crippen molar-refractivity contribution in [1.29, 1.82) is 0 Å². The van der Waals surface area contributed by atoms with Gasteiger partial charge in [0.05, 0.1) is 11.2 Å². The summed E-state index contributed by atoms with van der Waals surface area (Å²) in [5, 5.41) is 14.7. The molecule has 5 nitrogen and oxygen atoms in total. The monoisotopic (exact) mass is 381 g/mol. The van der Waals surface area contributed by atoms with Crippen molar-refractivity contribution in [2.75, 3.05) is 0 Å². The minimum Gasteiger partial charge on any atom is -0.256 e. The Kier molecular flexibility index (Phi) is 4.61. The topological polar surface area (TPSA) is 56.5 Å². The second-order valence-corrected chi connectivity index (χ2v) is 7.36. The molecule has 0 amide bonds. The molecule has 2 aromatic heterocycles. The molecule has 0 bridgehead atoms. The largest absolute Gasteiger partial charge is 0.256 e. The predicted octanol–water partition coefficient (Wildman–Crippen LogP) is 4.77. The van der Waals surface area contributed by atoms with Crippen molar-refractivity contribution in [2.24, 2.45) is 0 Å². The van der Waals surface area contributed by atoms with Crippen molar-refractivity contribution in [3.05, 3.63) is 70.4 Å². The molecule has 0 saturated carbocycles. The Morgan fingerprint density at radius 2 is 1.85 bits per heavy atom. The molecule has 0 N–H and O–H groups in total. The van der Waals surface area contributed by atoms with E-state index in [0.29, 0.717) is 10.8 Å². The van der Waals surface area contributed by atoms with Crippen molar-refractivity contribution >= 4 is 34.3 Å². The average Bonchev–Trinajstić information content (AvgIpc) is 3.09. The lowest BCUT2D eigenvalue weighted by molar-refractivity contribution is 0.747. The van der Waals surface area contributed by atoms with Crippen LogP contribution in [0.25, 0.3) is 16.6 Å². The molecule has 0 aliphatic heterocycles. The molecule has 0 aliphatic rings. The number of fused-ring (bicyclic) bond motifs is 1. The summed E-state index contributed by atoms with van der Waals surface area (Å²) in [5.41, 5.74) is 5.32. The summed E-state index contributed by atoms with van der Waals surface area (Å²) in [4.78, 5) is 4.49. The highest BCUT2D eigenvalue weighted by Crippen LogP contribution is 2.30. The van der Waals surface area contributed by atoms with Gasteiger partial charge >= 0.3 is 0 Å². The Bertz CT molecular complexity index is 1070. The molecule has 0 fully saturated rings. The molecular weight excluding hydrogens is 366 g/mol. The van der Waals surface area contributed by atoms with E-state index < -0.39 is 0 Å². The zero-order chi connectivity index (χ0) is 18.1. The lowest BCUT2D eigenvalue weighted by atomic mass is 10.1. The summed E-state index contributed by atoms with van der Waals surface area (Å²) in [6.45, 7) is 4.13. The van der Waals surface area contributed by atoms with Gasteiger partial charge in [-0.1, -0.05) is 47.6 Å². The summed E-state index contributed by atoms with van der Waals surface area (Å²) < 4.78 is 1.81. The third-order valence-corrected chi connectivity index (χ3v) is 5.55. The predicted molar refractivity (Wildman–Crippen MR) is 105 cm³/mol. The van der Waals surface area contributed by atoms with Gasteiger partial charge in [-0.25, -0.2) is 0 Å². The van der Waals surface area contributed by atoms with Crippen molar-refractivity contribution in [3.8, 4) is 5.69 Å². The number of rotatable bonds is 4. The lowest BCUT2D eigenvalue weighted by Crippen LogP contribution is -2.04. The molecule has 4 rings (SSSR count). The quantitative estimate of drug-likeness (QED) is 0.476. The minimum atomic E-state index is 0.704. The Labute approximate surface area is 160 Å². The van der Waals surface area contributed by atoms with Crippen LogP contribution in [0.15, 0.2) is 53.8 Å². The summed E-state index contributed by atoms with van der Waals surface area (Å²) in [5.74, 6) is 0.704. The summed E-state index contributed by atoms with van der Waals surface area (Å²) in [6.07, 6.45) is 1.79. The molecule has 0 atom stereocenters. The third-order valence-electron chi connectivity index (χ3n) is 4.25. The maximum absolute atomic E-state index is 6.29. The number of aryl methyl sites for hydroxylation is 2. The van der Waals surface area contributed by atoms with E-state index in [4.69, 9.17) is 11.6 Å². The molecular formula is C19H16ClN5S. The number of para-hydroxylation sites is 1. The molecule has 7 heteroatoms. The molecule has 4 aromatic rings. The van der Waals surface area contributed by atoms with Crippen LogP contribution in [0.3, 0.4) is 0 Å². The minimum absolute atomic E-state index is 0.704. The Hall–Kier alpha value is -2.44. The van der Waals surface area contributed by atoms with E-state index in [1.165, 1.54) is 0 Å². The first kappa shape index (κ1) is 17.0. The fourth-order valence-electron chi connectivity index (χ4n) is 3.00. The number of hydrogen-bond acceptors (Lipinski definition) is 5. The molecule has 130 valence electrons. The van der Waals surface area contributed by atoms with Crippen LogP contribution in [0.4, 0.5) is 0 Å². The van der Waals surface area contributed by atoms with Gasteiger partial charge in [0.1, 0.15) is 0 Å². The van der Waals surface area contributed by atoms with Gasteiger partial charge in [-0.15, -0.1) is 5.10 Å². The summed E-state index contributed by atoms with van der Waals surface area (Å²) in [7, 11) is 0. The fraction of sp³-hybridized carbons (Fsp3) is 0.158. The molecule has 26 heavy (non-hydrogen) atoms. The van der Waals surface area contributed by atoms with E-state index in [1.807, 2.05) is 30.3 Å². The molecule has 0 spiro atoms. The maximum Gasteiger partial charge on any atom is 0.214 e. The zero-order valence-corrected chi connectivity index (χ0v) is 15.9. The van der Waals surface area contributed by atoms with Crippen molar-refractivity contribution < 1.29 is 0 Å². The van der Waals surface area contributed by atoms with Gasteiger partial charge < -0.3 is 0 Å². The molecule has 2 heterocycles. The number of aromatic nitrogens is 5. The number of nitrogens with zero attached hydrogens (tertiary/aromatic N) is 5. The number of halogens is 1. The zero-order valence-electron chi connectivity index (χ0n) is 14.3. The highest BCUT2D eigenvalue weighted by Gasteiger charge is 2.14. The van der Waals surface area contributed by atoms with E-state index in [0.717, 1.165) is 38.4 Å². The molecule has 0 radical (unpaired) electrons. The maximum atomic E-state index is 6.29. The smallest absolute Gasteiger partial charge is 0.214 e. The number of hydrogen-bond donors (Lipinski definition) is 0. The SMILES string of the molecule is Cc1cccc(C)c1-n1nnnc1SCc1ccc(Cl)c2cccnc12. The van der Waals surface area contributed by atoms with E-state index in [2.05, 4.69) is 46.5 Å². The Balaban J connectivity index is 1.67. The normalized spacial score (nSPS) is 11.2. The van der Waals surface area contributed by atoms with Crippen LogP contribution >= 0.6 is 23.4 Å². The Morgan fingerprint density at radius 1 is 1.04 bits per heavy atom. The highest BCUT2D eigenvalue weighted by atomic mass is 35.5. The average molecular weight is 382 g/mol. The van der Waals surface area contributed by atoms with E-state index >= 15 is 0 Å². The van der Waals surface area contributed by atoms with Crippen LogP contribution in [0.5, 0.6) is 0 Å². The highest BCUT2D eigenvalue weighted by molar-refractivity contribution is 7.98. The molecule has 0 saturated heterocycles. The third kappa shape index (κ3) is 3.06. The van der Waals surface area contributed by atoms with Crippen LogP contribution in [-0.4, -0.2) is 25.2 Å². The fourth-order valence-corrected chi connectivity index (χ4v) is 4.08. The van der Waals surface area contributed by atoms with Gasteiger partial charge in [-0.05, 0) is 59.2 Å². The van der Waals surface area contributed by atoms with Crippen LogP contribution < -0.4 is 0 Å². The van der Waals surface area contributed by atoms with Crippen LogP contribution in [-0.2, 0) is 5.75 Å². The lowest BCUT2D eigenvalue weighted by Gasteiger charge is -2.11. The van der Waals surface area contributed by atoms with Crippen molar-refractivity contribution in [3.63, 3.8) is 0 Å². The number of tetrazole rings is 1. The second-order valence-electron chi connectivity index (χ2n) is 6.01. The summed E-state index contributed by atoms with van der Waals surface area (Å²) >= 11 is 7.87. The van der Waals surface area contributed by atoms with Crippen LogP contribution in [0.2, 0.25) is 5.02 Å². The van der Waals surface area contributed by atoms with Crippen molar-refractivity contribution in [2.45, 2.75) is 24.8 Å². The molecule has 0 unspecified atom stereocenters. The Morgan fingerprint density at radius 3 is 2.65 bits per heavy atom. The van der Waals surface area contributed by atoms with Gasteiger partial charge in [-0.3, -0.25) is 4.98 Å². The molecule has 0 aliphatic carbocycles.